The molecule has 0 radical (unpaired) electrons. The van der Waals surface area contributed by atoms with Crippen LogP contribution in [0, 0.1) is 6.92 Å². The number of methoxy groups -OCH3 is 1. The Hall–Kier alpha value is -1.06. The summed E-state index contributed by atoms with van der Waals surface area (Å²) in [6, 6.07) is 6.86. The SMILES string of the molecule is CCC(N)Cc1ccc(N(C)CCOC)cc1C. The Morgan fingerprint density at radius 3 is 2.67 bits per heavy atom. The molecule has 0 fully saturated rings. The summed E-state index contributed by atoms with van der Waals surface area (Å²) in [5.41, 5.74) is 9.92. The predicted molar refractivity (Wildman–Crippen MR) is 78.3 cm³/mol. The molecule has 1 aromatic rings. The van der Waals surface area contributed by atoms with Gasteiger partial charge in [-0.2, -0.15) is 0 Å². The number of benzene rings is 1. The molecule has 1 aromatic carbocycles. The van der Waals surface area contributed by atoms with Gasteiger partial charge in [0.05, 0.1) is 6.61 Å². The summed E-state index contributed by atoms with van der Waals surface area (Å²) >= 11 is 0. The lowest BCUT2D eigenvalue weighted by Gasteiger charge is -2.20. The Morgan fingerprint density at radius 2 is 2.11 bits per heavy atom. The maximum absolute atomic E-state index is 6.01. The van der Waals surface area contributed by atoms with E-state index in [0.29, 0.717) is 0 Å². The molecule has 0 aliphatic rings. The smallest absolute Gasteiger partial charge is 0.0637 e. The van der Waals surface area contributed by atoms with Crippen LogP contribution in [-0.2, 0) is 11.2 Å². The maximum Gasteiger partial charge on any atom is 0.0637 e. The first kappa shape index (κ1) is 15.0. The van der Waals surface area contributed by atoms with E-state index in [1.807, 2.05) is 0 Å². The fourth-order valence-corrected chi connectivity index (χ4v) is 1.93. The molecular formula is C15H26N2O. The van der Waals surface area contributed by atoms with Crippen LogP contribution in [0.25, 0.3) is 0 Å². The third-order valence-corrected chi connectivity index (χ3v) is 3.40. The number of likely N-dealkylation sites (N-methyl/N-ethyl adjacent to an activating group) is 1. The second-order valence-corrected chi connectivity index (χ2v) is 4.90. The summed E-state index contributed by atoms with van der Waals surface area (Å²) in [7, 11) is 3.82. The molecule has 1 rings (SSSR count). The van der Waals surface area contributed by atoms with E-state index in [9.17, 15) is 0 Å². The number of ether oxygens (including phenoxy) is 1. The first-order chi connectivity index (χ1) is 8.58. The van der Waals surface area contributed by atoms with Gasteiger partial charge in [-0.15, -0.1) is 0 Å². The molecule has 2 N–H and O–H groups in total. The van der Waals surface area contributed by atoms with Gasteiger partial charge in [-0.25, -0.2) is 0 Å². The van der Waals surface area contributed by atoms with Gasteiger partial charge in [0.1, 0.15) is 0 Å². The van der Waals surface area contributed by atoms with Crippen molar-refractivity contribution in [2.75, 3.05) is 32.2 Å². The van der Waals surface area contributed by atoms with Crippen molar-refractivity contribution >= 4 is 5.69 Å². The van der Waals surface area contributed by atoms with E-state index in [-0.39, 0.29) is 6.04 Å². The zero-order valence-electron chi connectivity index (χ0n) is 12.1. The normalized spacial score (nSPS) is 12.5. The molecule has 0 bridgehead atoms. The molecule has 0 heterocycles. The van der Waals surface area contributed by atoms with Crippen molar-refractivity contribution < 1.29 is 4.74 Å². The van der Waals surface area contributed by atoms with Crippen molar-refractivity contribution in [3.05, 3.63) is 29.3 Å². The molecule has 18 heavy (non-hydrogen) atoms. The number of nitrogens with zero attached hydrogens (tertiary/aromatic N) is 1. The average molecular weight is 250 g/mol. The third kappa shape index (κ3) is 4.31. The minimum Gasteiger partial charge on any atom is -0.383 e. The van der Waals surface area contributed by atoms with Crippen molar-refractivity contribution in [2.24, 2.45) is 5.73 Å². The maximum atomic E-state index is 6.01. The Morgan fingerprint density at radius 1 is 1.39 bits per heavy atom. The Labute approximate surface area is 111 Å². The number of hydrogen-bond donors (Lipinski definition) is 1. The molecular weight excluding hydrogens is 224 g/mol. The van der Waals surface area contributed by atoms with Crippen LogP contribution in [0.1, 0.15) is 24.5 Å². The molecule has 102 valence electrons. The standard InChI is InChI=1S/C15H26N2O/c1-5-14(16)11-13-6-7-15(10-12(13)2)17(3)8-9-18-4/h6-7,10,14H,5,8-9,11,16H2,1-4H3. The van der Waals surface area contributed by atoms with Crippen molar-refractivity contribution in [1.82, 2.24) is 0 Å². The van der Waals surface area contributed by atoms with Crippen LogP contribution in [0.4, 0.5) is 5.69 Å². The second-order valence-electron chi connectivity index (χ2n) is 4.90. The summed E-state index contributed by atoms with van der Waals surface area (Å²) in [5.74, 6) is 0. The zero-order valence-corrected chi connectivity index (χ0v) is 12.1. The van der Waals surface area contributed by atoms with Gasteiger partial charge in [0.25, 0.3) is 0 Å². The number of anilines is 1. The van der Waals surface area contributed by atoms with E-state index >= 15 is 0 Å². The fraction of sp³-hybridized carbons (Fsp3) is 0.600. The summed E-state index contributed by atoms with van der Waals surface area (Å²) in [6.07, 6.45) is 1.99. The lowest BCUT2D eigenvalue weighted by atomic mass is 9.99. The molecule has 0 aliphatic heterocycles. The Bertz CT molecular complexity index is 366. The van der Waals surface area contributed by atoms with Crippen LogP contribution < -0.4 is 10.6 Å². The lowest BCUT2D eigenvalue weighted by molar-refractivity contribution is 0.206. The van der Waals surface area contributed by atoms with E-state index in [1.54, 1.807) is 7.11 Å². The highest BCUT2D eigenvalue weighted by Crippen LogP contribution is 2.19. The first-order valence-corrected chi connectivity index (χ1v) is 6.63. The minimum atomic E-state index is 0.265. The lowest BCUT2D eigenvalue weighted by Crippen LogP contribution is -2.23. The van der Waals surface area contributed by atoms with Gasteiger partial charge >= 0.3 is 0 Å². The number of hydrogen-bond acceptors (Lipinski definition) is 3. The van der Waals surface area contributed by atoms with Crippen LogP contribution >= 0.6 is 0 Å². The molecule has 1 unspecified atom stereocenters. The van der Waals surface area contributed by atoms with Crippen molar-refractivity contribution in [3.8, 4) is 0 Å². The molecule has 0 saturated carbocycles. The second kappa shape index (κ2) is 7.39. The highest BCUT2D eigenvalue weighted by Gasteiger charge is 2.07. The summed E-state index contributed by atoms with van der Waals surface area (Å²) in [6.45, 7) is 5.94. The van der Waals surface area contributed by atoms with Gasteiger partial charge in [0, 0.05) is 32.4 Å². The largest absolute Gasteiger partial charge is 0.383 e. The fourth-order valence-electron chi connectivity index (χ4n) is 1.93. The molecule has 0 aliphatic carbocycles. The van der Waals surface area contributed by atoms with Crippen molar-refractivity contribution in [1.29, 1.82) is 0 Å². The molecule has 0 saturated heterocycles. The minimum absolute atomic E-state index is 0.265. The highest BCUT2D eigenvalue weighted by atomic mass is 16.5. The number of nitrogens with two attached hydrogens (primary N) is 1. The van der Waals surface area contributed by atoms with Crippen LogP contribution in [0.15, 0.2) is 18.2 Å². The van der Waals surface area contributed by atoms with Crippen LogP contribution in [-0.4, -0.2) is 33.4 Å². The summed E-state index contributed by atoms with van der Waals surface area (Å²) < 4.78 is 5.10. The first-order valence-electron chi connectivity index (χ1n) is 6.63. The van der Waals surface area contributed by atoms with Gasteiger partial charge in [-0.1, -0.05) is 13.0 Å². The van der Waals surface area contributed by atoms with E-state index in [2.05, 4.69) is 44.0 Å². The quantitative estimate of drug-likeness (QED) is 0.807. The van der Waals surface area contributed by atoms with Crippen LogP contribution in [0.5, 0.6) is 0 Å². The molecule has 3 heteroatoms. The van der Waals surface area contributed by atoms with Crippen LogP contribution in [0.2, 0.25) is 0 Å². The Balaban J connectivity index is 2.72. The molecule has 3 nitrogen and oxygen atoms in total. The topological polar surface area (TPSA) is 38.5 Å². The molecule has 0 aromatic heterocycles. The van der Waals surface area contributed by atoms with E-state index in [0.717, 1.165) is 26.0 Å². The van der Waals surface area contributed by atoms with Gasteiger partial charge in [-0.05, 0) is 43.0 Å². The van der Waals surface area contributed by atoms with Gasteiger partial charge in [-0.3, -0.25) is 0 Å². The summed E-state index contributed by atoms with van der Waals surface area (Å²) in [4.78, 5) is 2.21. The highest BCUT2D eigenvalue weighted by molar-refractivity contribution is 5.50. The van der Waals surface area contributed by atoms with Gasteiger partial charge < -0.3 is 15.4 Å². The van der Waals surface area contributed by atoms with Crippen molar-refractivity contribution in [2.45, 2.75) is 32.7 Å². The van der Waals surface area contributed by atoms with Crippen molar-refractivity contribution in [3.63, 3.8) is 0 Å². The van der Waals surface area contributed by atoms with E-state index in [4.69, 9.17) is 10.5 Å². The monoisotopic (exact) mass is 250 g/mol. The number of rotatable bonds is 7. The molecule has 1 atom stereocenters. The summed E-state index contributed by atoms with van der Waals surface area (Å²) in [5, 5.41) is 0. The molecule has 0 spiro atoms. The third-order valence-electron chi connectivity index (χ3n) is 3.40. The average Bonchev–Trinajstić information content (AvgIpc) is 2.38. The number of aryl methyl sites for hydroxylation is 1. The Kier molecular flexibility index (Phi) is 6.16. The zero-order chi connectivity index (χ0) is 13.5. The van der Waals surface area contributed by atoms with E-state index < -0.39 is 0 Å². The van der Waals surface area contributed by atoms with E-state index in [1.165, 1.54) is 16.8 Å². The van der Waals surface area contributed by atoms with Gasteiger partial charge in [0.15, 0.2) is 0 Å². The van der Waals surface area contributed by atoms with Gasteiger partial charge in [0.2, 0.25) is 0 Å². The molecule has 0 amide bonds. The van der Waals surface area contributed by atoms with Crippen LogP contribution in [0.3, 0.4) is 0 Å². The predicted octanol–water partition coefficient (Wildman–Crippen LogP) is 2.36.